The number of hydrogen-bond acceptors (Lipinski definition) is 13. The van der Waals surface area contributed by atoms with Gasteiger partial charge >= 0.3 is 7.60 Å². The molecule has 0 aliphatic rings. The number of allylic oxidation sites excluding steroid dienone is 2. The van der Waals surface area contributed by atoms with E-state index in [0.29, 0.717) is 19.8 Å². The fraction of sp³-hybridized carbons (Fsp3) is 0.966. The maximum absolute atomic E-state index is 14.4. The molecule has 73 heavy (non-hydrogen) atoms. The van der Waals surface area contributed by atoms with Crippen LogP contribution in [0.1, 0.15) is 348 Å². The van der Waals surface area contributed by atoms with Crippen LogP contribution in [0, 0.1) is 0 Å². The minimum atomic E-state index is -3.28. The lowest BCUT2D eigenvalue weighted by Crippen LogP contribution is -2.03. The lowest BCUT2D eigenvalue weighted by Gasteiger charge is -2.21. The van der Waals surface area contributed by atoms with Crippen molar-refractivity contribution in [3.63, 3.8) is 0 Å². The van der Waals surface area contributed by atoms with Crippen molar-refractivity contribution in [3.05, 3.63) is 11.4 Å². The molecule has 13 nitrogen and oxygen atoms in total. The zero-order chi connectivity index (χ0) is 52.7. The zero-order valence-electron chi connectivity index (χ0n) is 48.1. The summed E-state index contributed by atoms with van der Waals surface area (Å²) in [4.78, 5) is 4.75. The van der Waals surface area contributed by atoms with Gasteiger partial charge in [0.2, 0.25) is 0 Å². The van der Waals surface area contributed by atoms with Crippen molar-refractivity contribution in [2.24, 2.45) is 0 Å². The Morgan fingerprint density at radius 1 is 0.315 bits per heavy atom. The molecule has 0 rings (SSSR count). The molecule has 0 aliphatic carbocycles. The third-order valence-corrected chi connectivity index (χ3v) is 16.6. The molecule has 1 N–H and O–H groups in total. The molecule has 0 amide bonds. The van der Waals surface area contributed by atoms with Crippen LogP contribution < -0.4 is 0 Å². The van der Waals surface area contributed by atoms with Crippen molar-refractivity contribution in [1.29, 1.82) is 0 Å². The molecule has 0 fully saturated rings. The van der Waals surface area contributed by atoms with E-state index in [4.69, 9.17) is 19.2 Å². The third kappa shape index (κ3) is 57.5. The molecule has 0 aromatic heterocycles. The highest BCUT2D eigenvalue weighted by atomic mass is 31.2. The van der Waals surface area contributed by atoms with Gasteiger partial charge in [-0.3, -0.25) is 4.57 Å². The highest BCUT2D eigenvalue weighted by Gasteiger charge is 2.29. The van der Waals surface area contributed by atoms with E-state index in [1.54, 1.807) is 0 Å². The van der Waals surface area contributed by atoms with E-state index in [1.807, 2.05) is 13.0 Å². The number of hydrogen-bond donors (Lipinski definition) is 1. The second-order valence-corrected chi connectivity index (χ2v) is 23.1. The van der Waals surface area contributed by atoms with Crippen molar-refractivity contribution < 1.29 is 64.1 Å². The summed E-state index contributed by atoms with van der Waals surface area (Å²) in [7, 11) is -3.28. The van der Waals surface area contributed by atoms with Crippen molar-refractivity contribution >= 4 is 7.60 Å². The smallest absolute Gasteiger partial charge is 0.305 e. The molecule has 438 valence electrons. The lowest BCUT2D eigenvalue weighted by molar-refractivity contribution is -0.843. The summed E-state index contributed by atoms with van der Waals surface area (Å²) in [5.41, 5.74) is 0. The van der Waals surface area contributed by atoms with E-state index >= 15 is 0 Å². The molecule has 0 aliphatic heterocycles. The van der Waals surface area contributed by atoms with Crippen LogP contribution in [0.3, 0.4) is 0 Å². The Kier molecular flexibility index (Phi) is 63.6. The molecule has 0 aromatic carbocycles. The second kappa shape index (κ2) is 64.0. The summed E-state index contributed by atoms with van der Waals surface area (Å²) in [6.07, 6.45) is 68.1. The molecule has 0 radical (unpaired) electrons. The maximum atomic E-state index is 14.4. The van der Waals surface area contributed by atoms with Gasteiger partial charge in [-0.25, -0.2) is 10.1 Å². The van der Waals surface area contributed by atoms with Gasteiger partial charge in [-0.2, -0.15) is 0 Å². The standard InChI is InChI=1S/C59H119O13P/c1-4-7-9-11-13-15-17-19-21-29-33-37-41-45-49-53-57-63-73(61,64-58-54-50-46-42-38-34-30-22-20-18-16-14-12-10-8-5-2)59(6-3)55-51-47-43-39-35-31-27-25-23-24-26-28-32-36-40-44-48-52-56-62-66-68-70-72-71-69-67-65-60/h6,60H,4-5,7-58H2,1-3H3. The Bertz CT molecular complexity index is 1060. The molecule has 0 spiro atoms. The molecule has 0 saturated heterocycles. The van der Waals surface area contributed by atoms with Crippen LogP contribution >= 0.6 is 7.60 Å². The fourth-order valence-electron chi connectivity index (χ4n) is 9.73. The van der Waals surface area contributed by atoms with Gasteiger partial charge in [-0.15, -0.1) is 0 Å². The Morgan fingerprint density at radius 2 is 0.548 bits per heavy atom. The summed E-state index contributed by atoms with van der Waals surface area (Å²) in [5, 5.41) is 38.4. The number of rotatable bonds is 66. The van der Waals surface area contributed by atoms with Crippen LogP contribution in [-0.2, 0) is 58.8 Å². The van der Waals surface area contributed by atoms with Gasteiger partial charge in [-0.05, 0) is 79.3 Å². The minimum Gasteiger partial charge on any atom is -0.305 e. The zero-order valence-corrected chi connectivity index (χ0v) is 48.9. The maximum Gasteiger partial charge on any atom is 0.356 e. The Hall–Kier alpha value is -0.510. The molecular formula is C59H119O13P. The quantitative estimate of drug-likeness (QED) is 0.0268. The highest BCUT2D eigenvalue weighted by Crippen LogP contribution is 2.58. The van der Waals surface area contributed by atoms with Crippen LogP contribution in [0.15, 0.2) is 11.4 Å². The van der Waals surface area contributed by atoms with Crippen LogP contribution in [0.25, 0.3) is 0 Å². The van der Waals surface area contributed by atoms with E-state index < -0.39 is 7.60 Å². The van der Waals surface area contributed by atoms with Crippen LogP contribution in [0.2, 0.25) is 0 Å². The number of unbranched alkanes of at least 4 members (excludes halogenated alkanes) is 47. The highest BCUT2D eigenvalue weighted by molar-refractivity contribution is 7.58. The van der Waals surface area contributed by atoms with Crippen molar-refractivity contribution in [3.8, 4) is 0 Å². The predicted octanol–water partition coefficient (Wildman–Crippen LogP) is 22.0. The van der Waals surface area contributed by atoms with Gasteiger partial charge in [-0.1, -0.05) is 315 Å². The van der Waals surface area contributed by atoms with Crippen LogP contribution in [-0.4, -0.2) is 25.1 Å². The van der Waals surface area contributed by atoms with Crippen LogP contribution in [0.5, 0.6) is 0 Å². The molecular weight excluding hydrogens is 948 g/mol. The van der Waals surface area contributed by atoms with Crippen molar-refractivity contribution in [1.82, 2.24) is 0 Å². The summed E-state index contributed by atoms with van der Waals surface area (Å²) >= 11 is 0. The van der Waals surface area contributed by atoms with Gasteiger partial charge in [0.25, 0.3) is 0 Å². The van der Waals surface area contributed by atoms with Gasteiger partial charge in [0.15, 0.2) is 0 Å². The second-order valence-electron chi connectivity index (χ2n) is 21.0. The largest absolute Gasteiger partial charge is 0.356 e. The fourth-order valence-corrected chi connectivity index (χ4v) is 11.6. The Labute approximate surface area is 449 Å². The van der Waals surface area contributed by atoms with Crippen LogP contribution in [0.4, 0.5) is 0 Å². The summed E-state index contributed by atoms with van der Waals surface area (Å²) in [5.74, 6) is 0. The van der Waals surface area contributed by atoms with Crippen molar-refractivity contribution in [2.75, 3.05) is 19.8 Å². The van der Waals surface area contributed by atoms with E-state index in [9.17, 15) is 4.57 Å². The average Bonchev–Trinajstić information content (AvgIpc) is 3.40. The summed E-state index contributed by atoms with van der Waals surface area (Å²) in [6, 6.07) is 0. The molecule has 0 unspecified atom stereocenters. The Balaban J connectivity index is 4.18. The first kappa shape index (κ1) is 72.5. The van der Waals surface area contributed by atoms with Gasteiger partial charge < -0.3 is 9.05 Å². The van der Waals surface area contributed by atoms with E-state index in [1.165, 1.54) is 270 Å². The average molecular weight is 1070 g/mol. The monoisotopic (exact) mass is 1070 g/mol. The Morgan fingerprint density at radius 3 is 0.822 bits per heavy atom. The van der Waals surface area contributed by atoms with E-state index in [0.717, 1.165) is 63.1 Å². The first-order valence-corrected chi connectivity index (χ1v) is 32.8. The molecule has 0 heterocycles. The predicted molar refractivity (Wildman–Crippen MR) is 297 cm³/mol. The molecule has 14 heteroatoms. The van der Waals surface area contributed by atoms with Gasteiger partial charge in [0.05, 0.1) is 19.8 Å². The molecule has 0 atom stereocenters. The first-order valence-electron chi connectivity index (χ1n) is 31.3. The minimum absolute atomic E-state index is 0.344. The molecule has 0 bridgehead atoms. The van der Waals surface area contributed by atoms with Gasteiger partial charge in [0.1, 0.15) is 0 Å². The topological polar surface area (TPSA) is 139 Å². The third-order valence-electron chi connectivity index (χ3n) is 14.4. The van der Waals surface area contributed by atoms with Gasteiger partial charge in [0, 0.05) is 5.31 Å². The summed E-state index contributed by atoms with van der Waals surface area (Å²) in [6.45, 7) is 8.03. The van der Waals surface area contributed by atoms with E-state index in [-0.39, 0.29) is 0 Å². The lowest BCUT2D eigenvalue weighted by atomic mass is 10.0. The van der Waals surface area contributed by atoms with Crippen molar-refractivity contribution in [2.45, 2.75) is 348 Å². The molecule has 0 saturated carbocycles. The van der Waals surface area contributed by atoms with E-state index in [2.05, 4.69) is 54.2 Å². The SMILES string of the molecule is CC=C(CCCCCCCCCCCCCCCCCCCCOOOOOOOOOO)P(=O)(OCCCCCCCCCCCCCCCCCC)OCCCCCCCCCCCCCCCCCC. The summed E-state index contributed by atoms with van der Waals surface area (Å²) < 4.78 is 27.0. The molecule has 0 aromatic rings. The first-order chi connectivity index (χ1) is 36.1. The normalized spacial score (nSPS) is 12.2.